The van der Waals surface area contributed by atoms with Gasteiger partial charge in [0, 0.05) is 26.1 Å². The summed E-state index contributed by atoms with van der Waals surface area (Å²) in [4.78, 5) is 11.7. The minimum absolute atomic E-state index is 0.315. The number of piperidine rings is 1. The Balaban J connectivity index is 1.88. The first-order valence-electron chi connectivity index (χ1n) is 6.07. The molecule has 4 heteroatoms. The second-order valence-corrected chi connectivity index (χ2v) is 4.47. The van der Waals surface area contributed by atoms with E-state index in [0.717, 1.165) is 32.7 Å². The molecule has 0 radical (unpaired) electrons. The third kappa shape index (κ3) is 2.49. The molecular formula is C11H21N3O. The molecule has 0 aromatic rings. The van der Waals surface area contributed by atoms with Gasteiger partial charge in [-0.15, -0.1) is 0 Å². The van der Waals surface area contributed by atoms with Gasteiger partial charge in [-0.05, 0) is 31.8 Å². The van der Waals surface area contributed by atoms with Crippen LogP contribution in [-0.2, 0) is 4.79 Å². The van der Waals surface area contributed by atoms with Crippen molar-refractivity contribution in [3.8, 4) is 0 Å². The van der Waals surface area contributed by atoms with Crippen LogP contribution in [0.15, 0.2) is 0 Å². The van der Waals surface area contributed by atoms with Gasteiger partial charge in [-0.25, -0.2) is 5.01 Å². The van der Waals surface area contributed by atoms with Crippen LogP contribution in [0.4, 0.5) is 0 Å². The molecule has 0 saturated carbocycles. The lowest BCUT2D eigenvalue weighted by atomic mass is 9.98. The molecule has 2 fully saturated rings. The number of amides is 1. The van der Waals surface area contributed by atoms with Crippen LogP contribution < -0.4 is 5.32 Å². The lowest BCUT2D eigenvalue weighted by Crippen LogP contribution is -2.44. The molecule has 15 heavy (non-hydrogen) atoms. The van der Waals surface area contributed by atoms with Crippen LogP contribution in [0.5, 0.6) is 0 Å². The van der Waals surface area contributed by atoms with Gasteiger partial charge in [0.05, 0.1) is 0 Å². The first kappa shape index (κ1) is 10.9. The Morgan fingerprint density at radius 3 is 2.80 bits per heavy atom. The lowest BCUT2D eigenvalue weighted by Gasteiger charge is -2.32. The number of hydrogen-bond donors (Lipinski definition) is 1. The summed E-state index contributed by atoms with van der Waals surface area (Å²) in [6.07, 6.45) is 3.13. The number of nitrogens with one attached hydrogen (secondary N) is 1. The summed E-state index contributed by atoms with van der Waals surface area (Å²) in [5.74, 6) is 1.01. The normalized spacial score (nSPS) is 25.1. The van der Waals surface area contributed by atoms with E-state index in [2.05, 4.69) is 17.2 Å². The van der Waals surface area contributed by atoms with E-state index in [1.54, 1.807) is 0 Å². The van der Waals surface area contributed by atoms with Crippen LogP contribution in [0.25, 0.3) is 0 Å². The molecule has 1 N–H and O–H groups in total. The highest BCUT2D eigenvalue weighted by Gasteiger charge is 2.29. The second kappa shape index (κ2) is 4.94. The molecular weight excluding hydrogens is 190 g/mol. The predicted octanol–water partition coefficient (Wildman–Crippen LogP) is 0.455. The molecule has 4 nitrogen and oxygen atoms in total. The monoisotopic (exact) mass is 211 g/mol. The highest BCUT2D eigenvalue weighted by molar-refractivity contribution is 5.77. The van der Waals surface area contributed by atoms with E-state index in [0.29, 0.717) is 18.2 Å². The maximum Gasteiger partial charge on any atom is 0.238 e. The highest BCUT2D eigenvalue weighted by atomic mass is 16.2. The maximum atomic E-state index is 11.7. The van der Waals surface area contributed by atoms with Crippen molar-refractivity contribution in [2.24, 2.45) is 5.92 Å². The Morgan fingerprint density at radius 2 is 2.13 bits per heavy atom. The molecule has 0 atom stereocenters. The van der Waals surface area contributed by atoms with Crippen molar-refractivity contribution >= 4 is 5.91 Å². The molecule has 2 saturated heterocycles. The number of carbonyl (C=O) groups excluding carboxylic acids is 1. The lowest BCUT2D eigenvalue weighted by molar-refractivity contribution is -0.139. The zero-order chi connectivity index (χ0) is 10.7. The van der Waals surface area contributed by atoms with E-state index in [9.17, 15) is 4.79 Å². The van der Waals surface area contributed by atoms with Crippen molar-refractivity contribution in [2.75, 3.05) is 32.7 Å². The van der Waals surface area contributed by atoms with Gasteiger partial charge in [0.1, 0.15) is 0 Å². The number of nitrogens with zero attached hydrogens (tertiary/aromatic N) is 2. The van der Waals surface area contributed by atoms with Gasteiger partial charge in [0.15, 0.2) is 0 Å². The first-order chi connectivity index (χ1) is 7.31. The third-order valence-electron chi connectivity index (χ3n) is 3.47. The van der Waals surface area contributed by atoms with Crippen molar-refractivity contribution < 1.29 is 4.79 Å². The van der Waals surface area contributed by atoms with Gasteiger partial charge in [-0.2, -0.15) is 0 Å². The first-order valence-corrected chi connectivity index (χ1v) is 6.07. The Labute approximate surface area is 91.6 Å². The molecule has 0 unspecified atom stereocenters. The molecule has 0 aromatic heterocycles. The van der Waals surface area contributed by atoms with E-state index < -0.39 is 0 Å². The summed E-state index contributed by atoms with van der Waals surface area (Å²) in [5, 5.41) is 7.53. The molecule has 2 rings (SSSR count). The Bertz CT molecular complexity index is 226. The number of rotatable bonds is 3. The molecule has 2 aliphatic rings. The van der Waals surface area contributed by atoms with Crippen molar-refractivity contribution in [1.29, 1.82) is 0 Å². The third-order valence-corrected chi connectivity index (χ3v) is 3.47. The number of carbonyl (C=O) groups is 1. The second-order valence-electron chi connectivity index (χ2n) is 4.47. The largest absolute Gasteiger partial charge is 0.317 e. The maximum absolute atomic E-state index is 11.7. The minimum Gasteiger partial charge on any atom is -0.317 e. The fourth-order valence-electron chi connectivity index (χ4n) is 2.49. The van der Waals surface area contributed by atoms with Gasteiger partial charge in [0.2, 0.25) is 5.91 Å². The van der Waals surface area contributed by atoms with E-state index in [4.69, 9.17) is 0 Å². The summed E-state index contributed by atoms with van der Waals surface area (Å²) in [6, 6.07) is 0. The van der Waals surface area contributed by atoms with Crippen LogP contribution in [0.1, 0.15) is 26.2 Å². The Hall–Kier alpha value is -0.610. The molecule has 2 aliphatic heterocycles. The average Bonchev–Trinajstić information content (AvgIpc) is 2.62. The van der Waals surface area contributed by atoms with Gasteiger partial charge in [-0.1, -0.05) is 6.92 Å². The topological polar surface area (TPSA) is 35.6 Å². The summed E-state index contributed by atoms with van der Waals surface area (Å²) >= 11 is 0. The van der Waals surface area contributed by atoms with Crippen molar-refractivity contribution in [3.05, 3.63) is 0 Å². The zero-order valence-corrected chi connectivity index (χ0v) is 9.54. The van der Waals surface area contributed by atoms with Gasteiger partial charge in [-0.3, -0.25) is 9.80 Å². The van der Waals surface area contributed by atoms with E-state index in [1.807, 2.05) is 5.01 Å². The summed E-state index contributed by atoms with van der Waals surface area (Å²) in [7, 11) is 0. The molecule has 2 heterocycles. The van der Waals surface area contributed by atoms with Crippen LogP contribution in [0.3, 0.4) is 0 Å². The molecule has 0 aromatic carbocycles. The van der Waals surface area contributed by atoms with Gasteiger partial charge in [0.25, 0.3) is 0 Å². The Kier molecular flexibility index (Phi) is 3.59. The van der Waals surface area contributed by atoms with Crippen LogP contribution in [0, 0.1) is 5.92 Å². The van der Waals surface area contributed by atoms with Gasteiger partial charge < -0.3 is 5.32 Å². The molecule has 0 bridgehead atoms. The molecule has 0 aliphatic carbocycles. The van der Waals surface area contributed by atoms with E-state index in [-0.39, 0.29) is 0 Å². The molecule has 1 amide bonds. The molecule has 0 spiro atoms. The SMILES string of the molecule is CCN1CCC(=O)N1CC1CCNCC1. The van der Waals surface area contributed by atoms with Crippen LogP contribution >= 0.6 is 0 Å². The van der Waals surface area contributed by atoms with E-state index >= 15 is 0 Å². The van der Waals surface area contributed by atoms with Crippen LogP contribution in [0.2, 0.25) is 0 Å². The minimum atomic E-state index is 0.315. The fourth-order valence-corrected chi connectivity index (χ4v) is 2.49. The van der Waals surface area contributed by atoms with Crippen LogP contribution in [-0.4, -0.2) is 48.6 Å². The summed E-state index contributed by atoms with van der Waals surface area (Å²) in [5.41, 5.74) is 0. The quantitative estimate of drug-likeness (QED) is 0.736. The standard InChI is InChI=1S/C11H21N3O/c1-2-13-8-5-11(15)14(13)9-10-3-6-12-7-4-10/h10,12H,2-9H2,1H3. The van der Waals surface area contributed by atoms with Crippen molar-refractivity contribution in [3.63, 3.8) is 0 Å². The zero-order valence-electron chi connectivity index (χ0n) is 9.54. The summed E-state index contributed by atoms with van der Waals surface area (Å²) < 4.78 is 0. The number of hydrogen-bond acceptors (Lipinski definition) is 3. The highest BCUT2D eigenvalue weighted by Crippen LogP contribution is 2.18. The summed E-state index contributed by atoms with van der Waals surface area (Å²) in [6.45, 7) is 7.15. The average molecular weight is 211 g/mol. The van der Waals surface area contributed by atoms with Crippen molar-refractivity contribution in [1.82, 2.24) is 15.3 Å². The fraction of sp³-hybridized carbons (Fsp3) is 0.909. The van der Waals surface area contributed by atoms with Gasteiger partial charge >= 0.3 is 0 Å². The predicted molar refractivity (Wildman–Crippen MR) is 59.2 cm³/mol. The molecule has 86 valence electrons. The van der Waals surface area contributed by atoms with E-state index in [1.165, 1.54) is 12.8 Å². The smallest absolute Gasteiger partial charge is 0.238 e. The van der Waals surface area contributed by atoms with Crippen molar-refractivity contribution in [2.45, 2.75) is 26.2 Å². The number of hydrazine groups is 1. The Morgan fingerprint density at radius 1 is 1.40 bits per heavy atom.